The van der Waals surface area contributed by atoms with Crippen LogP contribution < -0.4 is 10.6 Å². The van der Waals surface area contributed by atoms with Crippen molar-refractivity contribution >= 4 is 29.1 Å². The Balaban J connectivity index is 1.39. The molecule has 4 saturated heterocycles. The summed E-state index contributed by atoms with van der Waals surface area (Å²) in [5.74, 6) is -5.12. The SMILES string of the molecule is CC[C@@H](C(=O)[C@@H](C)[C@@H](O)[C@H](C)[C@@H]1O[C@@H]([C@@H](CC)C(=O)O)CC[C@@H]1C)[C@H]1O[C@]2(C=C[C@@H](NC(=S)NCC(C)C)[C@]3(CC[C@@](C)([C@H]4CC[C@](O)(CC)[C@H](C)O4)O3)O2)[C@H](C)C[C@@H]1C. The minimum Gasteiger partial charge on any atom is -0.481 e. The largest absolute Gasteiger partial charge is 0.481 e. The van der Waals surface area contributed by atoms with Crippen molar-refractivity contribution in [1.82, 2.24) is 10.6 Å². The molecule has 60 heavy (non-hydrogen) atoms. The summed E-state index contributed by atoms with van der Waals surface area (Å²) in [4.78, 5) is 26.7. The average Bonchev–Trinajstić information content (AvgIpc) is 3.54. The number of thiocarbonyl (C=S) groups is 1. The van der Waals surface area contributed by atoms with E-state index in [0.29, 0.717) is 68.9 Å². The Morgan fingerprint density at radius 1 is 0.900 bits per heavy atom. The second-order valence-corrected chi connectivity index (χ2v) is 20.6. The number of carboxylic acid groups (broad SMARTS) is 1. The number of hydrogen-bond donors (Lipinski definition) is 5. The van der Waals surface area contributed by atoms with Gasteiger partial charge in [-0.15, -0.1) is 0 Å². The van der Waals surface area contributed by atoms with E-state index in [2.05, 4.69) is 58.3 Å². The molecular formula is C47H80N2O10S. The van der Waals surface area contributed by atoms with Gasteiger partial charge in [0.15, 0.2) is 16.7 Å². The van der Waals surface area contributed by atoms with Crippen LogP contribution in [0.2, 0.25) is 0 Å². The topological polar surface area (TPSA) is 165 Å². The molecule has 4 fully saturated rings. The molecule has 344 valence electrons. The van der Waals surface area contributed by atoms with Crippen LogP contribution in [0.1, 0.15) is 147 Å². The van der Waals surface area contributed by atoms with Gasteiger partial charge in [0, 0.05) is 36.6 Å². The molecule has 2 spiro atoms. The van der Waals surface area contributed by atoms with Gasteiger partial charge in [0.1, 0.15) is 11.8 Å². The summed E-state index contributed by atoms with van der Waals surface area (Å²) < 4.78 is 34.8. The maximum atomic E-state index is 14.7. The number of nitrogens with one attached hydrogen (secondary N) is 2. The number of Topliss-reactive ketones (excluding diaryl/α,β-unsaturated/α-hetero) is 1. The summed E-state index contributed by atoms with van der Waals surface area (Å²) in [6, 6.07) is -0.452. The maximum absolute atomic E-state index is 14.7. The predicted molar refractivity (Wildman–Crippen MR) is 235 cm³/mol. The Labute approximate surface area is 366 Å². The molecular weight excluding hydrogens is 785 g/mol. The fourth-order valence-electron chi connectivity index (χ4n) is 11.2. The Kier molecular flexibility index (Phi) is 16.1. The van der Waals surface area contributed by atoms with Crippen LogP contribution >= 0.6 is 12.2 Å². The van der Waals surface area contributed by atoms with Crippen LogP contribution in [0.3, 0.4) is 0 Å². The molecule has 0 saturated carbocycles. The normalized spacial score (nSPS) is 42.1. The monoisotopic (exact) mass is 865 g/mol. The molecule has 0 bridgehead atoms. The number of hydrogen-bond acceptors (Lipinski definition) is 10. The number of carbonyl (C=O) groups excluding carboxylic acids is 1. The molecule has 5 aliphatic heterocycles. The molecule has 5 rings (SSSR count). The van der Waals surface area contributed by atoms with Crippen LogP contribution in [0.5, 0.6) is 0 Å². The van der Waals surface area contributed by atoms with Crippen molar-refractivity contribution in [2.75, 3.05) is 6.54 Å². The van der Waals surface area contributed by atoms with Crippen molar-refractivity contribution < 1.29 is 48.6 Å². The van der Waals surface area contributed by atoms with Gasteiger partial charge in [-0.1, -0.05) is 75.3 Å². The second-order valence-electron chi connectivity index (χ2n) is 20.2. The highest BCUT2D eigenvalue weighted by Crippen LogP contribution is 2.54. The number of aliphatic hydroxyl groups excluding tert-OH is 1. The fourth-order valence-corrected chi connectivity index (χ4v) is 11.4. The van der Waals surface area contributed by atoms with Gasteiger partial charge >= 0.3 is 5.97 Å². The molecule has 5 aliphatic rings. The lowest BCUT2D eigenvalue weighted by Crippen LogP contribution is -2.66. The standard InChI is InChI=1S/C47H80N2O10S/c1-13-33(42(52)53)35-17-16-27(6)40(56-35)31(10)38(50)30(9)39(51)34(14-2)41-28(7)24-29(8)46(57-41)21-18-36(49-43(60)48-25-26(4)5)47(59-46)23-22-44(12,58-47)37-19-20-45(54,15-3)32(11)55-37/h18,21,26-38,40-41,50,54H,13-17,19-20,22-25H2,1-12H3,(H,52,53)(H2,48,49,60)/t27-,28-,29+,30-,31-,32-,33+,34-,35+,36+,37+,38+,40+,41-,44-,45+,46-,47-/m0/s1. The first kappa shape index (κ1) is 49.3. The lowest BCUT2D eigenvalue weighted by molar-refractivity contribution is -0.397. The zero-order chi connectivity index (χ0) is 44.5. The molecule has 5 heterocycles. The van der Waals surface area contributed by atoms with Crippen molar-refractivity contribution in [3.63, 3.8) is 0 Å². The van der Waals surface area contributed by atoms with Crippen LogP contribution in [-0.2, 0) is 33.3 Å². The summed E-state index contributed by atoms with van der Waals surface area (Å²) in [6.07, 6.45) is 7.39. The number of ether oxygens (including phenoxy) is 5. The molecule has 0 unspecified atom stereocenters. The summed E-state index contributed by atoms with van der Waals surface area (Å²) in [6.45, 7) is 24.9. The summed E-state index contributed by atoms with van der Waals surface area (Å²) in [5.41, 5.74) is -1.60. The number of carbonyl (C=O) groups is 2. The number of aliphatic carboxylic acids is 1. The molecule has 0 aromatic heterocycles. The summed E-state index contributed by atoms with van der Waals surface area (Å²) in [7, 11) is 0. The molecule has 0 amide bonds. The number of ketones is 1. The zero-order valence-electron chi connectivity index (χ0n) is 38.7. The minimum atomic E-state index is -1.21. The Hall–Kier alpha value is -1.71. The van der Waals surface area contributed by atoms with E-state index in [4.69, 9.17) is 35.9 Å². The highest BCUT2D eigenvalue weighted by molar-refractivity contribution is 7.80. The molecule has 18 atom stereocenters. The van der Waals surface area contributed by atoms with Gasteiger partial charge in [-0.25, -0.2) is 0 Å². The molecule has 0 radical (unpaired) electrons. The number of aliphatic hydroxyl groups is 2. The van der Waals surface area contributed by atoms with E-state index >= 15 is 0 Å². The van der Waals surface area contributed by atoms with Gasteiger partial charge in [0.05, 0.1) is 53.7 Å². The van der Waals surface area contributed by atoms with E-state index in [1.165, 1.54) is 0 Å². The smallest absolute Gasteiger partial charge is 0.309 e. The van der Waals surface area contributed by atoms with Crippen molar-refractivity contribution in [3.05, 3.63) is 12.2 Å². The molecule has 0 aromatic carbocycles. The zero-order valence-corrected chi connectivity index (χ0v) is 39.5. The average molecular weight is 865 g/mol. The molecule has 12 nitrogen and oxygen atoms in total. The lowest BCUT2D eigenvalue weighted by Gasteiger charge is -2.55. The van der Waals surface area contributed by atoms with E-state index in [-0.39, 0.29) is 41.8 Å². The molecule has 0 aliphatic carbocycles. The Bertz CT molecular complexity index is 1530. The van der Waals surface area contributed by atoms with Gasteiger partial charge in [-0.3, -0.25) is 9.59 Å². The lowest BCUT2D eigenvalue weighted by atomic mass is 9.72. The first-order valence-electron chi connectivity index (χ1n) is 23.4. The van der Waals surface area contributed by atoms with E-state index in [1.807, 2.05) is 40.7 Å². The third-order valence-electron chi connectivity index (χ3n) is 15.4. The van der Waals surface area contributed by atoms with E-state index in [1.54, 1.807) is 6.92 Å². The predicted octanol–water partition coefficient (Wildman–Crippen LogP) is 7.32. The van der Waals surface area contributed by atoms with Crippen molar-refractivity contribution in [3.8, 4) is 0 Å². The van der Waals surface area contributed by atoms with Crippen molar-refractivity contribution in [1.29, 1.82) is 0 Å². The summed E-state index contributed by atoms with van der Waals surface area (Å²) >= 11 is 5.80. The second kappa shape index (κ2) is 19.6. The molecule has 0 aromatic rings. The Morgan fingerprint density at radius 3 is 2.18 bits per heavy atom. The van der Waals surface area contributed by atoms with Gasteiger partial charge in [-0.2, -0.15) is 0 Å². The van der Waals surface area contributed by atoms with E-state index in [0.717, 1.165) is 12.8 Å². The van der Waals surface area contributed by atoms with Gasteiger partial charge < -0.3 is 49.6 Å². The van der Waals surface area contributed by atoms with E-state index < -0.39 is 76.8 Å². The van der Waals surface area contributed by atoms with Crippen LogP contribution in [0.4, 0.5) is 0 Å². The fraction of sp³-hybridized carbons (Fsp3) is 0.894. The van der Waals surface area contributed by atoms with E-state index in [9.17, 15) is 24.9 Å². The van der Waals surface area contributed by atoms with Gasteiger partial charge in [0.2, 0.25) is 0 Å². The van der Waals surface area contributed by atoms with Crippen molar-refractivity contribution in [2.45, 2.75) is 213 Å². The van der Waals surface area contributed by atoms with Gasteiger partial charge in [0.25, 0.3) is 0 Å². The number of carboxylic acids is 1. The maximum Gasteiger partial charge on any atom is 0.309 e. The van der Waals surface area contributed by atoms with Crippen molar-refractivity contribution in [2.24, 2.45) is 47.3 Å². The summed E-state index contributed by atoms with van der Waals surface area (Å²) in [5, 5.41) is 40.3. The van der Waals surface area contributed by atoms with Gasteiger partial charge in [-0.05, 0) is 108 Å². The minimum absolute atomic E-state index is 0.0200. The molecule has 13 heteroatoms. The number of rotatable bonds is 15. The third kappa shape index (κ3) is 9.98. The van der Waals surface area contributed by atoms with Crippen LogP contribution in [0.15, 0.2) is 12.2 Å². The highest BCUT2D eigenvalue weighted by Gasteiger charge is 2.63. The van der Waals surface area contributed by atoms with Crippen LogP contribution in [-0.4, -0.2) is 104 Å². The quantitative estimate of drug-likeness (QED) is 0.0823. The van der Waals surface area contributed by atoms with Crippen LogP contribution in [0.25, 0.3) is 0 Å². The first-order chi connectivity index (χ1) is 28.1. The first-order valence-corrected chi connectivity index (χ1v) is 23.8. The highest BCUT2D eigenvalue weighted by atomic mass is 32.1. The van der Waals surface area contributed by atoms with Crippen LogP contribution in [0, 0.1) is 47.3 Å². The molecule has 5 N–H and O–H groups in total. The third-order valence-corrected chi connectivity index (χ3v) is 15.7. The Morgan fingerprint density at radius 2 is 1.58 bits per heavy atom.